The molecule has 2 aromatic carbocycles. The van der Waals surface area contributed by atoms with Crippen molar-refractivity contribution < 1.29 is 18.7 Å². The summed E-state index contributed by atoms with van der Waals surface area (Å²) in [6, 6.07) is 13.0. The number of nitrogens with zero attached hydrogens (tertiary/aromatic N) is 1. The lowest BCUT2D eigenvalue weighted by atomic mass is 9.74. The number of likely N-dealkylation sites (tertiary alicyclic amines) is 1. The molecule has 0 saturated carbocycles. The van der Waals surface area contributed by atoms with Gasteiger partial charge in [0.15, 0.2) is 0 Å². The van der Waals surface area contributed by atoms with Gasteiger partial charge in [0.2, 0.25) is 5.91 Å². The van der Waals surface area contributed by atoms with Gasteiger partial charge in [-0.25, -0.2) is 4.39 Å². The molecule has 178 valence electrons. The van der Waals surface area contributed by atoms with E-state index in [9.17, 15) is 9.18 Å². The van der Waals surface area contributed by atoms with Crippen molar-refractivity contribution in [3.63, 3.8) is 0 Å². The van der Waals surface area contributed by atoms with Gasteiger partial charge in [0.25, 0.3) is 0 Å². The Morgan fingerprint density at radius 3 is 2.67 bits per heavy atom. The van der Waals surface area contributed by atoms with E-state index in [1.165, 1.54) is 18.6 Å². The summed E-state index contributed by atoms with van der Waals surface area (Å²) in [5, 5.41) is 3.28. The molecule has 0 radical (unpaired) electrons. The summed E-state index contributed by atoms with van der Waals surface area (Å²) in [5.41, 5.74) is 2.26. The number of hydrogen-bond donors (Lipinski definition) is 1. The van der Waals surface area contributed by atoms with Crippen molar-refractivity contribution in [3.05, 3.63) is 53.8 Å². The first kappa shape index (κ1) is 23.7. The average Bonchev–Trinajstić information content (AvgIpc) is 3.31. The van der Waals surface area contributed by atoms with Gasteiger partial charge in [-0.2, -0.15) is 0 Å². The molecule has 4 rings (SSSR count). The molecule has 6 heteroatoms. The molecule has 1 amide bonds. The zero-order valence-corrected chi connectivity index (χ0v) is 19.7. The Kier molecular flexibility index (Phi) is 7.66. The molecule has 1 atom stereocenters. The Morgan fingerprint density at radius 2 is 1.97 bits per heavy atom. The molecule has 1 unspecified atom stereocenters. The summed E-state index contributed by atoms with van der Waals surface area (Å²) < 4.78 is 24.8. The van der Waals surface area contributed by atoms with Crippen LogP contribution in [-0.2, 0) is 16.0 Å². The minimum atomic E-state index is -0.452. The van der Waals surface area contributed by atoms with Crippen LogP contribution in [-0.4, -0.2) is 56.8 Å². The van der Waals surface area contributed by atoms with E-state index >= 15 is 0 Å². The number of amides is 1. The number of carbonyl (C=O) groups excluding carboxylic acids is 1. The van der Waals surface area contributed by atoms with Crippen LogP contribution in [0.1, 0.15) is 38.2 Å². The van der Waals surface area contributed by atoms with Crippen molar-refractivity contribution in [1.82, 2.24) is 10.2 Å². The molecule has 2 aromatic rings. The van der Waals surface area contributed by atoms with Gasteiger partial charge < -0.3 is 14.8 Å². The minimum absolute atomic E-state index is 0.143. The third kappa shape index (κ3) is 5.39. The molecule has 0 bridgehead atoms. The molecule has 1 N–H and O–H groups in total. The quantitative estimate of drug-likeness (QED) is 0.641. The molecule has 0 aliphatic carbocycles. The standard InChI is InChI=1S/C27H35FN2O3/c1-3-30-14-4-5-23(30)19-29-26(31)27(12-15-33-16-13-27)18-20-6-8-21(9-7-20)24-17-22(28)10-11-25(24)32-2/h6-11,17,23H,3-5,12-16,18-19H2,1-2H3,(H,29,31). The number of halogens is 1. The van der Waals surface area contributed by atoms with E-state index in [1.54, 1.807) is 13.2 Å². The van der Waals surface area contributed by atoms with E-state index in [0.717, 1.165) is 49.0 Å². The van der Waals surface area contributed by atoms with E-state index in [2.05, 4.69) is 17.1 Å². The lowest BCUT2D eigenvalue weighted by Crippen LogP contribution is -2.49. The number of ether oxygens (including phenoxy) is 2. The fraction of sp³-hybridized carbons (Fsp3) is 0.519. The highest BCUT2D eigenvalue weighted by atomic mass is 19.1. The molecular formula is C27H35FN2O3. The van der Waals surface area contributed by atoms with Crippen LogP contribution in [0, 0.1) is 11.2 Å². The van der Waals surface area contributed by atoms with Crippen molar-refractivity contribution in [1.29, 1.82) is 0 Å². The Morgan fingerprint density at radius 1 is 1.21 bits per heavy atom. The number of nitrogens with one attached hydrogen (secondary N) is 1. The Bertz CT molecular complexity index is 941. The molecule has 2 aliphatic heterocycles. The second kappa shape index (κ2) is 10.7. The average molecular weight is 455 g/mol. The van der Waals surface area contributed by atoms with Crippen LogP contribution in [0.15, 0.2) is 42.5 Å². The van der Waals surface area contributed by atoms with Crippen molar-refractivity contribution in [2.75, 3.05) is 40.0 Å². The summed E-state index contributed by atoms with van der Waals surface area (Å²) in [6.07, 6.45) is 4.47. The van der Waals surface area contributed by atoms with E-state index in [0.29, 0.717) is 38.0 Å². The lowest BCUT2D eigenvalue weighted by molar-refractivity contribution is -0.136. The second-order valence-electron chi connectivity index (χ2n) is 9.25. The number of likely N-dealkylation sites (N-methyl/N-ethyl adjacent to an activating group) is 1. The number of rotatable bonds is 8. The van der Waals surface area contributed by atoms with Crippen LogP contribution in [0.3, 0.4) is 0 Å². The zero-order valence-electron chi connectivity index (χ0n) is 19.7. The third-order valence-corrected chi connectivity index (χ3v) is 7.30. The van der Waals surface area contributed by atoms with Crippen LogP contribution in [0.2, 0.25) is 0 Å². The van der Waals surface area contributed by atoms with Gasteiger partial charge in [-0.05, 0) is 74.5 Å². The molecule has 2 aliphatic rings. The van der Waals surface area contributed by atoms with Crippen molar-refractivity contribution in [2.45, 2.75) is 45.1 Å². The smallest absolute Gasteiger partial charge is 0.226 e. The van der Waals surface area contributed by atoms with Crippen LogP contribution >= 0.6 is 0 Å². The highest BCUT2D eigenvalue weighted by Gasteiger charge is 2.40. The van der Waals surface area contributed by atoms with Gasteiger partial charge in [-0.15, -0.1) is 0 Å². The maximum atomic E-state index is 13.8. The molecule has 0 aromatic heterocycles. The van der Waals surface area contributed by atoms with Crippen LogP contribution in [0.5, 0.6) is 5.75 Å². The lowest BCUT2D eigenvalue weighted by Gasteiger charge is -2.36. The van der Waals surface area contributed by atoms with Crippen LogP contribution in [0.25, 0.3) is 11.1 Å². The van der Waals surface area contributed by atoms with Crippen molar-refractivity contribution >= 4 is 5.91 Å². The largest absolute Gasteiger partial charge is 0.496 e. The molecule has 2 fully saturated rings. The predicted octanol–water partition coefficient (Wildman–Crippen LogP) is 4.44. The minimum Gasteiger partial charge on any atom is -0.496 e. The van der Waals surface area contributed by atoms with Gasteiger partial charge >= 0.3 is 0 Å². The molecule has 33 heavy (non-hydrogen) atoms. The SMILES string of the molecule is CCN1CCCC1CNC(=O)C1(Cc2ccc(-c3cc(F)ccc3OC)cc2)CCOCC1. The highest BCUT2D eigenvalue weighted by molar-refractivity contribution is 5.83. The van der Waals surface area contributed by atoms with E-state index < -0.39 is 5.41 Å². The highest BCUT2D eigenvalue weighted by Crippen LogP contribution is 2.36. The topological polar surface area (TPSA) is 50.8 Å². The molecule has 2 saturated heterocycles. The Balaban J connectivity index is 1.48. The summed E-state index contributed by atoms with van der Waals surface area (Å²) in [7, 11) is 1.59. The van der Waals surface area contributed by atoms with Gasteiger partial charge in [-0.1, -0.05) is 31.2 Å². The zero-order chi connectivity index (χ0) is 23.3. The number of hydrogen-bond acceptors (Lipinski definition) is 4. The van der Waals surface area contributed by atoms with E-state index in [4.69, 9.17) is 9.47 Å². The predicted molar refractivity (Wildman–Crippen MR) is 128 cm³/mol. The van der Waals surface area contributed by atoms with Gasteiger partial charge in [0.1, 0.15) is 11.6 Å². The first-order valence-electron chi connectivity index (χ1n) is 12.1. The number of carbonyl (C=O) groups is 1. The van der Waals surface area contributed by atoms with Gasteiger partial charge in [0.05, 0.1) is 12.5 Å². The summed E-state index contributed by atoms with van der Waals surface area (Å²) in [5.74, 6) is 0.485. The van der Waals surface area contributed by atoms with Crippen molar-refractivity contribution in [3.8, 4) is 16.9 Å². The monoisotopic (exact) mass is 454 g/mol. The van der Waals surface area contributed by atoms with E-state index in [1.807, 2.05) is 24.3 Å². The Labute approximate surface area is 196 Å². The molecule has 2 heterocycles. The maximum absolute atomic E-state index is 13.8. The number of methoxy groups -OCH3 is 1. The van der Waals surface area contributed by atoms with Crippen LogP contribution in [0.4, 0.5) is 4.39 Å². The first-order chi connectivity index (χ1) is 16.0. The summed E-state index contributed by atoms with van der Waals surface area (Å²) in [4.78, 5) is 15.9. The molecule has 5 nitrogen and oxygen atoms in total. The van der Waals surface area contributed by atoms with Gasteiger partial charge in [-0.3, -0.25) is 9.69 Å². The first-order valence-corrected chi connectivity index (χ1v) is 12.1. The third-order valence-electron chi connectivity index (χ3n) is 7.30. The molecule has 0 spiro atoms. The van der Waals surface area contributed by atoms with Crippen molar-refractivity contribution in [2.24, 2.45) is 5.41 Å². The molecular weight excluding hydrogens is 419 g/mol. The maximum Gasteiger partial charge on any atom is 0.226 e. The fourth-order valence-electron chi connectivity index (χ4n) is 5.29. The normalized spacial score (nSPS) is 20.5. The van der Waals surface area contributed by atoms with Crippen LogP contribution < -0.4 is 10.1 Å². The second-order valence-corrected chi connectivity index (χ2v) is 9.25. The van der Waals surface area contributed by atoms with E-state index in [-0.39, 0.29) is 11.7 Å². The number of benzene rings is 2. The fourth-order valence-corrected chi connectivity index (χ4v) is 5.29. The summed E-state index contributed by atoms with van der Waals surface area (Å²) >= 11 is 0. The summed E-state index contributed by atoms with van der Waals surface area (Å²) in [6.45, 7) is 6.27. The Hall–Kier alpha value is -2.44. The van der Waals surface area contributed by atoms with Gasteiger partial charge in [0, 0.05) is 31.4 Å².